The Morgan fingerprint density at radius 1 is 1.03 bits per heavy atom. The standard InChI is InChI=1S/C15H22N2O3.C6H10O7/c1-3-10(2)13(16)14(18)17-12(15(19)20)9-11-7-5-4-6-8-11;7-1-2(8)4(5(10)11)13-6(12)3(1)9/h4-8,10,12-13H,3,9,16H2,1-2H3,(H,17,18)(H,19,20);1-4,6-9,12H,(H,10,11)/t10-,12-,13-;1-,2-,3+,4-,6?/m00/s1. The number of carbonyl (C=O) groups is 3. The molecule has 0 aliphatic carbocycles. The van der Waals surface area contributed by atoms with E-state index in [0.717, 1.165) is 12.0 Å². The SMILES string of the molecule is CC[C@H](C)[C@H](N)C(=O)N[C@@H](Cc1ccccc1)C(=O)O.O=C(O)[C@H]1OC(O)[C@H](O)[C@@H](O)[C@@H]1O. The molecule has 8 atom stereocenters. The molecule has 186 valence electrons. The van der Waals surface area contributed by atoms with E-state index >= 15 is 0 Å². The number of nitrogens with one attached hydrogen (secondary N) is 1. The van der Waals surface area contributed by atoms with Gasteiger partial charge in [0.25, 0.3) is 0 Å². The largest absolute Gasteiger partial charge is 0.480 e. The van der Waals surface area contributed by atoms with Crippen molar-refractivity contribution in [2.24, 2.45) is 11.7 Å². The van der Waals surface area contributed by atoms with Crippen LogP contribution in [0.25, 0.3) is 0 Å². The van der Waals surface area contributed by atoms with Gasteiger partial charge in [0.15, 0.2) is 12.4 Å². The molecule has 0 aromatic heterocycles. The van der Waals surface area contributed by atoms with Crippen molar-refractivity contribution < 1.29 is 49.8 Å². The summed E-state index contributed by atoms with van der Waals surface area (Å²) in [7, 11) is 0. The Bertz CT molecular complexity index is 778. The van der Waals surface area contributed by atoms with Gasteiger partial charge < -0.3 is 46.4 Å². The number of carboxylic acids is 2. The second kappa shape index (κ2) is 13.2. The fourth-order valence-electron chi connectivity index (χ4n) is 2.90. The maximum absolute atomic E-state index is 11.9. The number of carbonyl (C=O) groups excluding carboxylic acids is 1. The van der Waals surface area contributed by atoms with Gasteiger partial charge in [0.1, 0.15) is 24.4 Å². The molecule has 0 radical (unpaired) electrons. The quantitative estimate of drug-likeness (QED) is 0.208. The lowest BCUT2D eigenvalue weighted by Crippen LogP contribution is -2.59. The number of aliphatic carboxylic acids is 2. The van der Waals surface area contributed by atoms with E-state index in [1.165, 1.54) is 0 Å². The monoisotopic (exact) mass is 472 g/mol. The minimum absolute atomic E-state index is 0.0150. The summed E-state index contributed by atoms with van der Waals surface area (Å²) in [6.45, 7) is 3.81. The molecule has 33 heavy (non-hydrogen) atoms. The van der Waals surface area contributed by atoms with Gasteiger partial charge >= 0.3 is 11.9 Å². The van der Waals surface area contributed by atoms with Crippen molar-refractivity contribution in [3.8, 4) is 0 Å². The molecule has 1 saturated heterocycles. The predicted octanol–water partition coefficient (Wildman–Crippen LogP) is -1.96. The minimum Gasteiger partial charge on any atom is -0.480 e. The molecule has 12 heteroatoms. The lowest BCUT2D eigenvalue weighted by molar-refractivity contribution is -0.279. The van der Waals surface area contributed by atoms with Crippen molar-refractivity contribution in [2.45, 2.75) is 69.5 Å². The first-order valence-electron chi connectivity index (χ1n) is 10.3. The third kappa shape index (κ3) is 8.35. The summed E-state index contributed by atoms with van der Waals surface area (Å²) in [5.74, 6) is -2.97. The summed E-state index contributed by atoms with van der Waals surface area (Å²) in [6, 6.07) is 7.55. The molecule has 1 aromatic rings. The first kappa shape index (κ1) is 28.4. The zero-order chi connectivity index (χ0) is 25.3. The van der Waals surface area contributed by atoms with E-state index in [9.17, 15) is 19.5 Å². The fourth-order valence-corrected chi connectivity index (χ4v) is 2.90. The Kier molecular flexibility index (Phi) is 11.4. The summed E-state index contributed by atoms with van der Waals surface area (Å²) in [6.07, 6.45) is -7.71. The minimum atomic E-state index is -1.81. The highest BCUT2D eigenvalue weighted by Gasteiger charge is 2.46. The maximum atomic E-state index is 11.9. The fraction of sp³-hybridized carbons (Fsp3) is 0.571. The zero-order valence-corrected chi connectivity index (χ0v) is 18.3. The van der Waals surface area contributed by atoms with Gasteiger partial charge in [-0.05, 0) is 11.5 Å². The van der Waals surface area contributed by atoms with E-state index in [2.05, 4.69) is 10.1 Å². The highest BCUT2D eigenvalue weighted by Crippen LogP contribution is 2.19. The van der Waals surface area contributed by atoms with E-state index in [-0.39, 0.29) is 12.3 Å². The molecule has 1 unspecified atom stereocenters. The third-order valence-corrected chi connectivity index (χ3v) is 5.29. The van der Waals surface area contributed by atoms with Crippen molar-refractivity contribution in [3.63, 3.8) is 0 Å². The summed E-state index contributed by atoms with van der Waals surface area (Å²) in [5, 5.41) is 56.1. The number of hydrogen-bond donors (Lipinski definition) is 8. The van der Waals surface area contributed by atoms with Crippen LogP contribution in [0.3, 0.4) is 0 Å². The number of carboxylic acid groups (broad SMARTS) is 2. The van der Waals surface area contributed by atoms with Crippen LogP contribution in [-0.4, -0.2) is 91.3 Å². The van der Waals surface area contributed by atoms with Gasteiger partial charge in [-0.25, -0.2) is 9.59 Å². The molecule has 0 spiro atoms. The van der Waals surface area contributed by atoms with Gasteiger partial charge in [0, 0.05) is 6.42 Å². The van der Waals surface area contributed by atoms with Crippen LogP contribution in [0.15, 0.2) is 30.3 Å². The number of hydrogen-bond acceptors (Lipinski definition) is 9. The maximum Gasteiger partial charge on any atom is 0.335 e. The normalized spacial score (nSPS) is 27.3. The second-order valence-electron chi connectivity index (χ2n) is 7.76. The van der Waals surface area contributed by atoms with Gasteiger partial charge in [0.2, 0.25) is 5.91 Å². The van der Waals surface area contributed by atoms with Gasteiger partial charge in [-0.1, -0.05) is 50.6 Å². The number of aliphatic hydroxyl groups excluding tert-OH is 4. The van der Waals surface area contributed by atoms with Crippen LogP contribution < -0.4 is 11.1 Å². The molecule has 1 heterocycles. The van der Waals surface area contributed by atoms with Crippen LogP contribution in [0.4, 0.5) is 0 Å². The average Bonchev–Trinajstić information content (AvgIpc) is 2.79. The highest BCUT2D eigenvalue weighted by atomic mass is 16.6. The Balaban J connectivity index is 0.000000361. The molecule has 1 aliphatic heterocycles. The lowest BCUT2D eigenvalue weighted by atomic mass is 9.98. The van der Waals surface area contributed by atoms with Gasteiger partial charge in [0.05, 0.1) is 6.04 Å². The summed E-state index contributed by atoms with van der Waals surface area (Å²) < 4.78 is 4.34. The van der Waals surface area contributed by atoms with Gasteiger partial charge in [-0.3, -0.25) is 4.79 Å². The van der Waals surface area contributed by atoms with Crippen molar-refractivity contribution in [2.75, 3.05) is 0 Å². The summed E-state index contributed by atoms with van der Waals surface area (Å²) in [4.78, 5) is 33.6. The van der Waals surface area contributed by atoms with Crippen LogP contribution in [0.2, 0.25) is 0 Å². The molecule has 1 aliphatic rings. The lowest BCUT2D eigenvalue weighted by Gasteiger charge is -2.36. The van der Waals surface area contributed by atoms with E-state index in [1.807, 2.05) is 44.2 Å². The first-order chi connectivity index (χ1) is 15.4. The Labute approximate surface area is 190 Å². The van der Waals surface area contributed by atoms with Crippen LogP contribution in [0.1, 0.15) is 25.8 Å². The molecule has 1 amide bonds. The number of amides is 1. The third-order valence-electron chi connectivity index (χ3n) is 5.29. The number of aliphatic hydroxyl groups is 4. The highest BCUT2D eigenvalue weighted by molar-refractivity contribution is 5.87. The van der Waals surface area contributed by atoms with Crippen LogP contribution in [0, 0.1) is 5.92 Å². The number of benzene rings is 1. The molecule has 9 N–H and O–H groups in total. The van der Waals surface area contributed by atoms with Crippen LogP contribution in [-0.2, 0) is 25.5 Å². The molecule has 0 saturated carbocycles. The first-order valence-corrected chi connectivity index (χ1v) is 10.3. The van der Waals surface area contributed by atoms with Crippen LogP contribution >= 0.6 is 0 Å². The number of nitrogens with two attached hydrogens (primary N) is 1. The van der Waals surface area contributed by atoms with Crippen molar-refractivity contribution in [1.29, 1.82) is 0 Å². The molecule has 12 nitrogen and oxygen atoms in total. The Hall–Kier alpha value is -2.61. The molecule has 1 fully saturated rings. The smallest absolute Gasteiger partial charge is 0.335 e. The van der Waals surface area contributed by atoms with E-state index < -0.39 is 60.6 Å². The van der Waals surface area contributed by atoms with Gasteiger partial charge in [-0.15, -0.1) is 0 Å². The second-order valence-corrected chi connectivity index (χ2v) is 7.76. The zero-order valence-electron chi connectivity index (χ0n) is 18.3. The van der Waals surface area contributed by atoms with E-state index in [1.54, 1.807) is 0 Å². The van der Waals surface area contributed by atoms with Crippen molar-refractivity contribution in [3.05, 3.63) is 35.9 Å². The summed E-state index contributed by atoms with van der Waals surface area (Å²) >= 11 is 0. The summed E-state index contributed by atoms with van der Waals surface area (Å²) in [5.41, 5.74) is 6.67. The topological polar surface area (TPSA) is 220 Å². The van der Waals surface area contributed by atoms with Crippen molar-refractivity contribution in [1.82, 2.24) is 5.32 Å². The average molecular weight is 472 g/mol. The predicted molar refractivity (Wildman–Crippen MR) is 114 cm³/mol. The molecule has 0 bridgehead atoms. The molecule has 2 rings (SSSR count). The Morgan fingerprint density at radius 3 is 2.09 bits per heavy atom. The van der Waals surface area contributed by atoms with Crippen molar-refractivity contribution >= 4 is 17.8 Å². The number of rotatable bonds is 8. The van der Waals surface area contributed by atoms with E-state index in [0.29, 0.717) is 0 Å². The molecular formula is C21H32N2O10. The van der Waals surface area contributed by atoms with Gasteiger partial charge in [-0.2, -0.15) is 0 Å². The molecule has 1 aromatic carbocycles. The Morgan fingerprint density at radius 2 is 1.61 bits per heavy atom. The van der Waals surface area contributed by atoms with Crippen LogP contribution in [0.5, 0.6) is 0 Å². The molecular weight excluding hydrogens is 440 g/mol. The number of ether oxygens (including phenoxy) is 1. The van der Waals surface area contributed by atoms with E-state index in [4.69, 9.17) is 31.3 Å².